The minimum atomic E-state index is -4.21. The minimum absolute atomic E-state index is 0.00803. The average Bonchev–Trinajstić information content (AvgIpc) is 4.07. The molecule has 2 saturated heterocycles. The molecule has 0 aliphatic carbocycles. The number of alkyl halides is 1. The molecular weight excluding hydrogens is 982 g/mol. The Morgan fingerprint density at radius 3 is 2.42 bits per heavy atom. The standard InChI is InChI=1S/C41H51FN10O13P2SSi/c1-22(2)37(55)49-27-16-24(54)29-36(48-27)52(20-46-29)40-33(32(25(17-53)61-40)65-69(6,7)41(3,4)5)64-67(68,59-15-11-14-43)60-18-26-31(63-66(57)58)28(42)39(62-26)51-21-47-30-34(44-19-45-35(30)51)50-38(56)23-12-9-8-10-13-23/h8-10,12-13,19-22,25-26,28,31-33,39-40,53H,11,15-18H2,1-7H3,(H2-,44,45,48,49,50,54,55,56,57,58)/p+1/t25-,26-,28-,31-,32-,33-,39-,40-,67?/m1/s1. The summed E-state index contributed by atoms with van der Waals surface area (Å²) in [5.74, 6) is -1.64. The van der Waals surface area contributed by atoms with Crippen molar-refractivity contribution in [2.75, 3.05) is 25.1 Å². The maximum absolute atomic E-state index is 16.6. The van der Waals surface area contributed by atoms with Gasteiger partial charge in [-0.05, 0) is 42.1 Å². The Morgan fingerprint density at radius 1 is 1.04 bits per heavy atom. The molecule has 370 valence electrons. The van der Waals surface area contributed by atoms with Gasteiger partial charge in [-0.2, -0.15) is 5.26 Å². The number of ether oxygens (including phenoxy) is 2. The molecule has 1 aromatic carbocycles. The normalized spacial score (nSPS) is 25.0. The summed E-state index contributed by atoms with van der Waals surface area (Å²) in [5, 5.41) is 25.3. The fraction of sp³-hybridized carbons (Fsp3) is 0.537. The number of benzene rings is 1. The Hall–Kier alpha value is -4.71. The van der Waals surface area contributed by atoms with E-state index in [0.29, 0.717) is 5.56 Å². The molecule has 7 rings (SSSR count). The number of hydrogen-bond acceptors (Lipinski definition) is 19. The van der Waals surface area contributed by atoms with Crippen molar-refractivity contribution in [1.82, 2.24) is 34.4 Å². The number of anilines is 1. The van der Waals surface area contributed by atoms with Gasteiger partial charge in [0.1, 0.15) is 36.6 Å². The number of aliphatic hydroxyl groups is 1. The Bertz CT molecular complexity index is 2700. The van der Waals surface area contributed by atoms with Gasteiger partial charge in [0, 0.05) is 16.0 Å². The molecule has 0 saturated carbocycles. The molecule has 2 amide bonds. The van der Waals surface area contributed by atoms with Crippen molar-refractivity contribution in [3.8, 4) is 6.07 Å². The molecule has 3 aromatic heterocycles. The summed E-state index contributed by atoms with van der Waals surface area (Å²) in [6.45, 7) is 7.54. The number of halogens is 1. The summed E-state index contributed by atoms with van der Waals surface area (Å²) in [4.78, 5) is 70.5. The zero-order valence-electron chi connectivity index (χ0n) is 38.5. The number of imidazole rings is 2. The van der Waals surface area contributed by atoms with Gasteiger partial charge in [0.25, 0.3) is 5.91 Å². The summed E-state index contributed by atoms with van der Waals surface area (Å²) in [5.41, 5.74) is 0.420. The summed E-state index contributed by atoms with van der Waals surface area (Å²) < 4.78 is 75.0. The van der Waals surface area contributed by atoms with E-state index in [1.54, 1.807) is 44.2 Å². The van der Waals surface area contributed by atoms with Gasteiger partial charge in [-0.3, -0.25) is 28.0 Å². The van der Waals surface area contributed by atoms with E-state index in [2.05, 4.69) is 35.6 Å². The van der Waals surface area contributed by atoms with Crippen LogP contribution in [0.2, 0.25) is 18.1 Å². The number of aliphatic imine (C=N–C) groups is 1. The predicted octanol–water partition coefficient (Wildman–Crippen LogP) is 5.47. The highest BCUT2D eigenvalue weighted by Gasteiger charge is 2.56. The second-order valence-corrected chi connectivity index (χ2v) is 26.4. The molecule has 23 nitrogen and oxygen atoms in total. The molecule has 6 heterocycles. The first kappa shape index (κ1) is 52.1. The van der Waals surface area contributed by atoms with Crippen LogP contribution in [0.1, 0.15) is 80.8 Å². The van der Waals surface area contributed by atoms with Gasteiger partial charge < -0.3 is 38.7 Å². The first-order valence-corrected chi connectivity index (χ1v) is 28.3. The van der Waals surface area contributed by atoms with Crippen LogP contribution in [0.15, 0.2) is 54.3 Å². The molecule has 4 N–H and O–H groups in total. The van der Waals surface area contributed by atoms with E-state index in [4.69, 9.17) is 43.8 Å². The third-order valence-electron chi connectivity index (χ3n) is 11.9. The third kappa shape index (κ3) is 11.4. The number of amides is 2. The molecule has 4 aromatic rings. The average molecular weight is 1030 g/mol. The van der Waals surface area contributed by atoms with Gasteiger partial charge in [0.05, 0.1) is 51.4 Å². The Kier molecular flexibility index (Phi) is 16.1. The van der Waals surface area contributed by atoms with Crippen LogP contribution in [0.4, 0.5) is 16.0 Å². The molecular formula is C41H52FN10O13P2SSi+. The Morgan fingerprint density at radius 2 is 1.75 bits per heavy atom. The number of Topliss-reactive ketones (excluding diaryl/α,β-unsaturated/α-hetero) is 1. The van der Waals surface area contributed by atoms with Crippen LogP contribution in [0, 0.1) is 17.2 Å². The van der Waals surface area contributed by atoms with Crippen molar-refractivity contribution in [3.05, 3.63) is 60.6 Å². The van der Waals surface area contributed by atoms with E-state index in [1.165, 1.54) is 21.8 Å². The van der Waals surface area contributed by atoms with Crippen molar-refractivity contribution >= 4 is 81.3 Å². The molecule has 2 unspecified atom stereocenters. The zero-order valence-corrected chi connectivity index (χ0v) is 42.1. The maximum atomic E-state index is 16.6. The lowest BCUT2D eigenvalue weighted by atomic mass is 10.1. The molecule has 3 aliphatic heterocycles. The molecule has 0 radical (unpaired) electrons. The fourth-order valence-electron chi connectivity index (χ4n) is 7.26. The van der Waals surface area contributed by atoms with E-state index >= 15 is 4.39 Å². The number of carbonyl (C=O) groups excluding carboxylic acids is 3. The van der Waals surface area contributed by atoms with Crippen LogP contribution >= 0.6 is 15.0 Å². The smallest absolute Gasteiger partial charge is 0.408 e. The molecule has 10 atom stereocenters. The van der Waals surface area contributed by atoms with E-state index < -0.39 is 103 Å². The summed E-state index contributed by atoms with van der Waals surface area (Å²) >= 11 is 6.01. The number of rotatable bonds is 18. The number of aliphatic hydroxyl groups excluding tert-OH is 1. The van der Waals surface area contributed by atoms with Gasteiger partial charge >= 0.3 is 15.0 Å². The van der Waals surface area contributed by atoms with Crippen molar-refractivity contribution in [2.45, 2.75) is 115 Å². The second kappa shape index (κ2) is 21.3. The predicted molar refractivity (Wildman–Crippen MR) is 249 cm³/mol. The van der Waals surface area contributed by atoms with Crippen LogP contribution in [0.3, 0.4) is 0 Å². The summed E-state index contributed by atoms with van der Waals surface area (Å²) in [6.07, 6.45) is -8.61. The summed E-state index contributed by atoms with van der Waals surface area (Å²) in [6, 6.07) is 10.3. The maximum Gasteiger partial charge on any atom is 0.695 e. The second-order valence-electron chi connectivity index (χ2n) is 18.0. The number of amidine groups is 1. The lowest BCUT2D eigenvalue weighted by Crippen LogP contribution is -2.50. The van der Waals surface area contributed by atoms with Crippen LogP contribution in [0.25, 0.3) is 11.2 Å². The van der Waals surface area contributed by atoms with Crippen LogP contribution in [0.5, 0.6) is 0 Å². The summed E-state index contributed by atoms with van der Waals surface area (Å²) in [7, 11) is -6.18. The lowest BCUT2D eigenvalue weighted by Gasteiger charge is -2.41. The Labute approximate surface area is 402 Å². The highest BCUT2D eigenvalue weighted by Crippen LogP contribution is 2.56. The number of fused-ring (bicyclic) bond motifs is 2. The molecule has 0 bridgehead atoms. The zero-order chi connectivity index (χ0) is 50.0. The van der Waals surface area contributed by atoms with Gasteiger partial charge in [0.2, 0.25) is 5.91 Å². The fourth-order valence-corrected chi connectivity index (χ4v) is 11.1. The largest absolute Gasteiger partial charge is 0.695 e. The van der Waals surface area contributed by atoms with Gasteiger partial charge in [-0.25, -0.2) is 29.3 Å². The first-order chi connectivity index (χ1) is 32.6. The number of nitriles is 1. The molecule has 0 spiro atoms. The van der Waals surface area contributed by atoms with E-state index in [1.807, 2.05) is 39.9 Å². The van der Waals surface area contributed by atoms with Gasteiger partial charge in [-0.1, -0.05) is 52.8 Å². The third-order valence-corrected chi connectivity index (χ3v) is 19.1. The topological polar surface area (TPSA) is 295 Å². The van der Waals surface area contributed by atoms with Crippen molar-refractivity contribution < 1.29 is 65.3 Å². The van der Waals surface area contributed by atoms with E-state index in [-0.39, 0.29) is 64.7 Å². The minimum Gasteiger partial charge on any atom is -0.408 e. The van der Waals surface area contributed by atoms with Crippen molar-refractivity contribution in [1.29, 1.82) is 5.26 Å². The van der Waals surface area contributed by atoms with Crippen molar-refractivity contribution in [3.63, 3.8) is 0 Å². The molecule has 3 aliphatic rings. The number of nitrogens with zero attached hydrogens (tertiary/aromatic N) is 8. The number of ketones is 1. The SMILES string of the molecule is CC(C)C(=O)NC1=Nc2c(ncn2[C@@H]2O[C@H](CO)[C@@H](O[Si](C)(C)C(C)(C)C)[C@H]2OP(=S)(OCCC#N)OC[C@H]2O[C@@H](n3cnc4c(NC(=O)c5ccccc5)ncnc43)[C@H](F)[C@@H]2O[P+](=O)O)C(=O)C1. The molecule has 69 heavy (non-hydrogen) atoms. The van der Waals surface area contributed by atoms with Crippen LogP contribution in [-0.4, -0.2) is 127 Å². The number of carbonyl (C=O) groups is 3. The van der Waals surface area contributed by atoms with Crippen LogP contribution in [-0.2, 0) is 53.2 Å². The van der Waals surface area contributed by atoms with E-state index in [0.717, 1.165) is 6.33 Å². The highest BCUT2D eigenvalue weighted by atomic mass is 32.5. The van der Waals surface area contributed by atoms with Crippen molar-refractivity contribution in [2.24, 2.45) is 10.9 Å². The first-order valence-electron chi connectivity index (χ1n) is 21.7. The highest BCUT2D eigenvalue weighted by molar-refractivity contribution is 8.07. The lowest BCUT2D eigenvalue weighted by molar-refractivity contribution is -0.122. The Balaban J connectivity index is 1.21. The van der Waals surface area contributed by atoms with Gasteiger partial charge in [-0.15, -0.1) is 9.42 Å². The molecule has 28 heteroatoms. The van der Waals surface area contributed by atoms with Crippen LogP contribution < -0.4 is 10.6 Å². The monoisotopic (exact) mass is 1030 g/mol. The van der Waals surface area contributed by atoms with Gasteiger partial charge in [0.15, 0.2) is 67.3 Å². The molecule has 2 fully saturated rings. The number of aromatic nitrogens is 6. The number of hydrogen-bond donors (Lipinski definition) is 4. The van der Waals surface area contributed by atoms with E-state index in [9.17, 15) is 34.2 Å². The number of nitrogens with one attached hydrogen (secondary N) is 2. The quantitative estimate of drug-likeness (QED) is 0.0545.